The molecule has 0 aromatic carbocycles. The normalized spacial score (nSPS) is 8.67. The first kappa shape index (κ1) is 5.08. The summed E-state index contributed by atoms with van der Waals surface area (Å²) in [6, 6.07) is 0. The molecule has 0 aliphatic carbocycles. The molecule has 0 unspecified atom stereocenters. The molecule has 0 atom stereocenters. The maximum Gasteiger partial charge on any atom is 0.124 e. The second-order valence-corrected chi connectivity index (χ2v) is 0.588. The Morgan fingerprint density at radius 2 is 2.33 bits per heavy atom. The van der Waals surface area contributed by atoms with Gasteiger partial charge in [-0.15, -0.1) is 0 Å². The van der Waals surface area contributed by atoms with E-state index >= 15 is 0 Å². The summed E-state index contributed by atoms with van der Waals surface area (Å²) in [5.41, 5.74) is 0. The molecule has 0 heterocycles. The fourth-order valence-corrected chi connectivity index (χ4v) is 0.0907. The molecule has 0 rings (SSSR count). The highest BCUT2D eigenvalue weighted by Crippen LogP contribution is 1.70. The number of rotatable bonds is 2. The number of hydrogen-bond acceptors (Lipinski definition) is 2. The lowest BCUT2D eigenvalue weighted by molar-refractivity contribution is 0.368. The SMILES string of the molecule is C=COC=CO. The predicted molar refractivity (Wildman–Crippen MR) is 23.1 cm³/mol. The smallest absolute Gasteiger partial charge is 0.124 e. The molecule has 0 aliphatic heterocycles. The van der Waals surface area contributed by atoms with Gasteiger partial charge in [0.25, 0.3) is 0 Å². The molecule has 0 amide bonds. The first-order chi connectivity index (χ1) is 2.91. The van der Waals surface area contributed by atoms with Crippen molar-refractivity contribution in [3.63, 3.8) is 0 Å². The zero-order valence-corrected chi connectivity index (χ0v) is 3.29. The van der Waals surface area contributed by atoms with Crippen molar-refractivity contribution in [1.82, 2.24) is 0 Å². The molecular weight excluding hydrogens is 80.0 g/mol. The van der Waals surface area contributed by atoms with E-state index in [1.54, 1.807) is 0 Å². The van der Waals surface area contributed by atoms with E-state index in [9.17, 15) is 0 Å². The van der Waals surface area contributed by atoms with Crippen molar-refractivity contribution in [3.8, 4) is 0 Å². The molecule has 0 saturated heterocycles. The second kappa shape index (κ2) is 4.08. The van der Waals surface area contributed by atoms with Crippen LogP contribution in [0.5, 0.6) is 0 Å². The van der Waals surface area contributed by atoms with Gasteiger partial charge in [0.15, 0.2) is 0 Å². The average molecular weight is 86.1 g/mol. The van der Waals surface area contributed by atoms with Crippen molar-refractivity contribution in [2.75, 3.05) is 0 Å². The largest absolute Gasteiger partial charge is 0.512 e. The van der Waals surface area contributed by atoms with Crippen LogP contribution >= 0.6 is 0 Å². The van der Waals surface area contributed by atoms with E-state index in [-0.39, 0.29) is 0 Å². The number of aliphatic hydroxyl groups excluding tert-OH is 1. The van der Waals surface area contributed by atoms with Crippen LogP contribution in [0.3, 0.4) is 0 Å². The number of ether oxygens (including phenoxy) is 1. The molecule has 0 aliphatic rings. The van der Waals surface area contributed by atoms with Crippen molar-refractivity contribution in [2.45, 2.75) is 0 Å². The third-order valence-electron chi connectivity index (χ3n) is 0.236. The molecule has 2 nitrogen and oxygen atoms in total. The third-order valence-corrected chi connectivity index (χ3v) is 0.236. The van der Waals surface area contributed by atoms with E-state index in [1.807, 2.05) is 0 Å². The molecule has 2 heteroatoms. The summed E-state index contributed by atoms with van der Waals surface area (Å²) in [4.78, 5) is 0. The van der Waals surface area contributed by atoms with Gasteiger partial charge in [-0.3, -0.25) is 0 Å². The average Bonchev–Trinajstić information content (AvgIpc) is 1.61. The molecule has 0 saturated carbocycles. The Hall–Kier alpha value is -0.920. The maximum absolute atomic E-state index is 7.84. The first-order valence-corrected chi connectivity index (χ1v) is 1.47. The predicted octanol–water partition coefficient (Wildman–Crippen LogP) is 1.18. The van der Waals surface area contributed by atoms with Gasteiger partial charge in [0.2, 0.25) is 0 Å². The van der Waals surface area contributed by atoms with Crippen LogP contribution in [0.2, 0.25) is 0 Å². The first-order valence-electron chi connectivity index (χ1n) is 1.47. The summed E-state index contributed by atoms with van der Waals surface area (Å²) >= 11 is 0. The molecule has 0 bridgehead atoms. The molecule has 0 fully saturated rings. The minimum Gasteiger partial charge on any atom is -0.512 e. The Morgan fingerprint density at radius 3 is 2.50 bits per heavy atom. The Morgan fingerprint density at radius 1 is 1.67 bits per heavy atom. The molecule has 0 spiro atoms. The summed E-state index contributed by atoms with van der Waals surface area (Å²) in [6.07, 6.45) is 3.13. The zero-order chi connectivity index (χ0) is 4.83. The van der Waals surface area contributed by atoms with E-state index < -0.39 is 0 Å². The van der Waals surface area contributed by atoms with Crippen molar-refractivity contribution in [2.24, 2.45) is 0 Å². The van der Waals surface area contributed by atoms with Gasteiger partial charge in [-0.1, -0.05) is 6.58 Å². The van der Waals surface area contributed by atoms with Gasteiger partial charge in [0.05, 0.1) is 6.26 Å². The summed E-state index contributed by atoms with van der Waals surface area (Å²) in [5.74, 6) is 0. The van der Waals surface area contributed by atoms with E-state index in [0.29, 0.717) is 0 Å². The van der Waals surface area contributed by atoms with Crippen LogP contribution < -0.4 is 0 Å². The lowest BCUT2D eigenvalue weighted by Crippen LogP contribution is -1.58. The van der Waals surface area contributed by atoms with Gasteiger partial charge in [-0.05, 0) is 0 Å². The van der Waals surface area contributed by atoms with Crippen molar-refractivity contribution < 1.29 is 9.84 Å². The highest BCUT2D eigenvalue weighted by molar-refractivity contribution is 4.62. The quantitative estimate of drug-likeness (QED) is 0.511. The van der Waals surface area contributed by atoms with Gasteiger partial charge < -0.3 is 9.84 Å². The molecule has 34 valence electrons. The standard InChI is InChI=1S/C4H6O2/c1-2-6-4-3-5/h2-5H,1H2. The highest BCUT2D eigenvalue weighted by atomic mass is 16.5. The van der Waals surface area contributed by atoms with E-state index in [2.05, 4.69) is 11.3 Å². The van der Waals surface area contributed by atoms with Crippen LogP contribution in [0.1, 0.15) is 0 Å². The van der Waals surface area contributed by atoms with E-state index in [4.69, 9.17) is 5.11 Å². The summed E-state index contributed by atoms with van der Waals surface area (Å²) in [6.45, 7) is 3.21. The van der Waals surface area contributed by atoms with Crippen LogP contribution in [0.25, 0.3) is 0 Å². The van der Waals surface area contributed by atoms with Crippen LogP contribution in [0.4, 0.5) is 0 Å². The van der Waals surface area contributed by atoms with Gasteiger partial charge in [-0.25, -0.2) is 0 Å². The second-order valence-electron chi connectivity index (χ2n) is 0.588. The molecule has 0 aromatic heterocycles. The van der Waals surface area contributed by atoms with Crippen molar-refractivity contribution >= 4 is 0 Å². The third kappa shape index (κ3) is 3.08. The van der Waals surface area contributed by atoms with Crippen LogP contribution in [0, 0.1) is 0 Å². The maximum atomic E-state index is 7.84. The van der Waals surface area contributed by atoms with Crippen molar-refractivity contribution in [3.05, 3.63) is 25.4 Å². The van der Waals surface area contributed by atoms with Gasteiger partial charge in [0.1, 0.15) is 12.5 Å². The van der Waals surface area contributed by atoms with Crippen LogP contribution in [-0.2, 0) is 4.74 Å². The van der Waals surface area contributed by atoms with Gasteiger partial charge >= 0.3 is 0 Å². The molecule has 0 aromatic rings. The summed E-state index contributed by atoms with van der Waals surface area (Å²) < 4.78 is 4.32. The van der Waals surface area contributed by atoms with Crippen LogP contribution in [0.15, 0.2) is 25.4 Å². The Bertz CT molecular complexity index is 56.6. The topological polar surface area (TPSA) is 29.5 Å². The molecule has 0 radical (unpaired) electrons. The lowest BCUT2D eigenvalue weighted by Gasteiger charge is -1.79. The Balaban J connectivity index is 2.85. The minimum atomic E-state index is 0.793. The van der Waals surface area contributed by atoms with Gasteiger partial charge in [0, 0.05) is 0 Å². The lowest BCUT2D eigenvalue weighted by atomic mass is 11.0. The number of hydrogen-bond donors (Lipinski definition) is 1. The summed E-state index contributed by atoms with van der Waals surface area (Å²) in [5, 5.41) is 7.84. The molecular formula is C4H6O2. The zero-order valence-electron chi connectivity index (χ0n) is 3.29. The molecule has 6 heavy (non-hydrogen) atoms. The monoisotopic (exact) mass is 86.0 g/mol. The van der Waals surface area contributed by atoms with Crippen LogP contribution in [-0.4, -0.2) is 5.11 Å². The molecule has 1 N–H and O–H groups in total. The fraction of sp³-hybridized carbons (Fsp3) is 0. The number of aliphatic hydroxyl groups is 1. The minimum absolute atomic E-state index is 0.793. The Kier molecular flexibility index (Phi) is 3.45. The van der Waals surface area contributed by atoms with E-state index in [1.165, 1.54) is 6.26 Å². The fourth-order valence-electron chi connectivity index (χ4n) is 0.0907. The van der Waals surface area contributed by atoms with E-state index in [0.717, 1.165) is 12.5 Å². The highest BCUT2D eigenvalue weighted by Gasteiger charge is 1.54. The van der Waals surface area contributed by atoms with Gasteiger partial charge in [-0.2, -0.15) is 0 Å². The Labute approximate surface area is 36.4 Å². The summed E-state index contributed by atoms with van der Waals surface area (Å²) in [7, 11) is 0. The van der Waals surface area contributed by atoms with Crippen molar-refractivity contribution in [1.29, 1.82) is 0 Å².